The Kier molecular flexibility index (Phi) is 3.05. The molecule has 0 saturated heterocycles. The van der Waals surface area contributed by atoms with Gasteiger partial charge >= 0.3 is 0 Å². The van der Waals surface area contributed by atoms with Gasteiger partial charge in [0.1, 0.15) is 0 Å². The Morgan fingerprint density at radius 1 is 1.05 bits per heavy atom. The predicted octanol–water partition coefficient (Wildman–Crippen LogP) is 3.07. The molecule has 0 radical (unpaired) electrons. The van der Waals surface area contributed by atoms with E-state index < -0.39 is 0 Å². The molecule has 0 aliphatic rings. The van der Waals surface area contributed by atoms with Crippen LogP contribution in [-0.2, 0) is 0 Å². The molecular weight excluding hydrogens is 250 g/mol. The minimum Gasteiger partial charge on any atom is -0.398 e. The second kappa shape index (κ2) is 5.01. The molecule has 4 heteroatoms. The first-order chi connectivity index (χ1) is 9.74. The molecular formula is C16H13N3O. The molecule has 2 aromatic carbocycles. The molecule has 3 N–H and O–H groups in total. The molecule has 0 saturated carbocycles. The van der Waals surface area contributed by atoms with Crippen molar-refractivity contribution in [1.82, 2.24) is 4.98 Å². The third-order valence-electron chi connectivity index (χ3n) is 3.08. The van der Waals surface area contributed by atoms with Gasteiger partial charge in [-0.1, -0.05) is 24.3 Å². The average Bonchev–Trinajstić information content (AvgIpc) is 2.47. The van der Waals surface area contributed by atoms with Gasteiger partial charge in [-0.25, -0.2) is 0 Å². The number of carbonyl (C=O) groups excluding carboxylic acids is 1. The maximum Gasteiger partial charge on any atom is 0.257 e. The van der Waals surface area contributed by atoms with E-state index >= 15 is 0 Å². The van der Waals surface area contributed by atoms with Crippen molar-refractivity contribution in [2.75, 3.05) is 11.1 Å². The number of anilines is 2. The highest BCUT2D eigenvalue weighted by molar-refractivity contribution is 6.10. The molecule has 98 valence electrons. The number of nitrogens with two attached hydrogens (primary N) is 1. The molecule has 0 spiro atoms. The predicted molar refractivity (Wildman–Crippen MR) is 80.6 cm³/mol. The fourth-order valence-corrected chi connectivity index (χ4v) is 2.09. The number of hydrogen-bond acceptors (Lipinski definition) is 3. The number of hydrogen-bond donors (Lipinski definition) is 2. The summed E-state index contributed by atoms with van der Waals surface area (Å²) in [5.41, 5.74) is 7.54. The maximum atomic E-state index is 12.3. The number of fused-ring (bicyclic) bond motifs is 1. The molecule has 1 heterocycles. The standard InChI is InChI=1S/C16H13N3O/c17-15-9-12-5-2-1-4-11(12)8-14(15)16(20)19-13-6-3-7-18-10-13/h1-10H,17H2,(H,19,20). The highest BCUT2D eigenvalue weighted by Gasteiger charge is 2.11. The quantitative estimate of drug-likeness (QED) is 0.698. The van der Waals surface area contributed by atoms with Crippen molar-refractivity contribution in [2.45, 2.75) is 0 Å². The van der Waals surface area contributed by atoms with Gasteiger partial charge in [0.2, 0.25) is 0 Å². The van der Waals surface area contributed by atoms with E-state index in [2.05, 4.69) is 10.3 Å². The van der Waals surface area contributed by atoms with Crippen LogP contribution in [0.3, 0.4) is 0 Å². The van der Waals surface area contributed by atoms with Crippen molar-refractivity contribution in [3.05, 3.63) is 66.5 Å². The summed E-state index contributed by atoms with van der Waals surface area (Å²) in [6, 6.07) is 15.0. The van der Waals surface area contributed by atoms with Crippen LogP contribution >= 0.6 is 0 Å². The smallest absolute Gasteiger partial charge is 0.257 e. The van der Waals surface area contributed by atoms with Gasteiger partial charge in [0.25, 0.3) is 5.91 Å². The van der Waals surface area contributed by atoms with Crippen LogP contribution in [0.2, 0.25) is 0 Å². The fraction of sp³-hybridized carbons (Fsp3) is 0. The summed E-state index contributed by atoms with van der Waals surface area (Å²) in [6.07, 6.45) is 3.25. The van der Waals surface area contributed by atoms with Crippen LogP contribution in [0.25, 0.3) is 10.8 Å². The first kappa shape index (κ1) is 12.2. The van der Waals surface area contributed by atoms with Gasteiger partial charge in [0.05, 0.1) is 17.4 Å². The number of nitrogens with one attached hydrogen (secondary N) is 1. The molecule has 0 unspecified atom stereocenters. The highest BCUT2D eigenvalue weighted by atomic mass is 16.1. The number of pyridine rings is 1. The molecule has 0 atom stereocenters. The van der Waals surface area contributed by atoms with E-state index in [4.69, 9.17) is 5.73 Å². The molecule has 4 nitrogen and oxygen atoms in total. The van der Waals surface area contributed by atoms with Crippen molar-refractivity contribution in [2.24, 2.45) is 0 Å². The van der Waals surface area contributed by atoms with Gasteiger partial charge in [0.15, 0.2) is 0 Å². The number of rotatable bonds is 2. The summed E-state index contributed by atoms with van der Waals surface area (Å²) < 4.78 is 0. The molecule has 3 rings (SSSR count). The van der Waals surface area contributed by atoms with E-state index in [1.807, 2.05) is 30.3 Å². The second-order valence-corrected chi connectivity index (χ2v) is 4.48. The summed E-state index contributed by atoms with van der Waals surface area (Å²) >= 11 is 0. The van der Waals surface area contributed by atoms with Crippen LogP contribution in [0.1, 0.15) is 10.4 Å². The third-order valence-corrected chi connectivity index (χ3v) is 3.08. The Labute approximate surface area is 116 Å². The Balaban J connectivity index is 1.97. The normalized spacial score (nSPS) is 10.4. The number of nitrogens with zero attached hydrogens (tertiary/aromatic N) is 1. The maximum absolute atomic E-state index is 12.3. The molecule has 0 aliphatic heterocycles. The zero-order valence-electron chi connectivity index (χ0n) is 10.7. The number of benzene rings is 2. The summed E-state index contributed by atoms with van der Waals surface area (Å²) in [5.74, 6) is -0.235. The molecule has 0 bridgehead atoms. The lowest BCUT2D eigenvalue weighted by Gasteiger charge is -2.09. The van der Waals surface area contributed by atoms with E-state index in [0.29, 0.717) is 16.9 Å². The number of carbonyl (C=O) groups is 1. The van der Waals surface area contributed by atoms with E-state index in [9.17, 15) is 4.79 Å². The lowest BCUT2D eigenvalue weighted by molar-refractivity contribution is 0.102. The minimum atomic E-state index is -0.235. The lowest BCUT2D eigenvalue weighted by atomic mass is 10.0. The van der Waals surface area contributed by atoms with Crippen molar-refractivity contribution in [3.8, 4) is 0 Å². The first-order valence-corrected chi connectivity index (χ1v) is 6.24. The Hall–Kier alpha value is -2.88. The van der Waals surface area contributed by atoms with Gasteiger partial charge in [-0.3, -0.25) is 9.78 Å². The Morgan fingerprint density at radius 2 is 1.80 bits per heavy atom. The summed E-state index contributed by atoms with van der Waals surface area (Å²) in [6.45, 7) is 0. The molecule has 0 aliphatic carbocycles. The van der Waals surface area contributed by atoms with Crippen molar-refractivity contribution >= 4 is 28.1 Å². The minimum absolute atomic E-state index is 0.235. The summed E-state index contributed by atoms with van der Waals surface area (Å²) in [4.78, 5) is 16.2. The van der Waals surface area contributed by atoms with Crippen LogP contribution in [0.15, 0.2) is 60.9 Å². The van der Waals surface area contributed by atoms with Gasteiger partial charge in [-0.2, -0.15) is 0 Å². The molecule has 1 amide bonds. The highest BCUT2D eigenvalue weighted by Crippen LogP contribution is 2.22. The van der Waals surface area contributed by atoms with Crippen molar-refractivity contribution in [3.63, 3.8) is 0 Å². The number of aromatic nitrogens is 1. The van der Waals surface area contributed by atoms with Gasteiger partial charge in [-0.15, -0.1) is 0 Å². The zero-order chi connectivity index (χ0) is 13.9. The topological polar surface area (TPSA) is 68.0 Å². The third kappa shape index (κ3) is 2.31. The van der Waals surface area contributed by atoms with E-state index in [0.717, 1.165) is 10.8 Å². The molecule has 20 heavy (non-hydrogen) atoms. The molecule has 0 fully saturated rings. The van der Waals surface area contributed by atoms with Crippen molar-refractivity contribution < 1.29 is 4.79 Å². The largest absolute Gasteiger partial charge is 0.398 e. The van der Waals surface area contributed by atoms with Crippen LogP contribution in [-0.4, -0.2) is 10.9 Å². The lowest BCUT2D eigenvalue weighted by Crippen LogP contribution is -2.14. The summed E-state index contributed by atoms with van der Waals surface area (Å²) in [7, 11) is 0. The van der Waals surface area contributed by atoms with Crippen LogP contribution < -0.4 is 11.1 Å². The van der Waals surface area contributed by atoms with E-state index in [1.54, 1.807) is 30.6 Å². The van der Waals surface area contributed by atoms with Crippen molar-refractivity contribution in [1.29, 1.82) is 0 Å². The zero-order valence-corrected chi connectivity index (χ0v) is 10.7. The average molecular weight is 263 g/mol. The monoisotopic (exact) mass is 263 g/mol. The summed E-state index contributed by atoms with van der Waals surface area (Å²) in [5, 5.41) is 4.78. The SMILES string of the molecule is Nc1cc2ccccc2cc1C(=O)Nc1cccnc1. The first-order valence-electron chi connectivity index (χ1n) is 6.24. The van der Waals surface area contributed by atoms with Crippen LogP contribution in [0.4, 0.5) is 11.4 Å². The van der Waals surface area contributed by atoms with E-state index in [1.165, 1.54) is 0 Å². The van der Waals surface area contributed by atoms with Gasteiger partial charge in [-0.05, 0) is 35.0 Å². The van der Waals surface area contributed by atoms with E-state index in [-0.39, 0.29) is 5.91 Å². The molecule has 3 aromatic rings. The fourth-order valence-electron chi connectivity index (χ4n) is 2.09. The Morgan fingerprint density at radius 3 is 2.50 bits per heavy atom. The van der Waals surface area contributed by atoms with Gasteiger partial charge in [0, 0.05) is 11.9 Å². The van der Waals surface area contributed by atoms with Crippen LogP contribution in [0, 0.1) is 0 Å². The molecule has 1 aromatic heterocycles. The number of amides is 1. The number of nitrogen functional groups attached to an aromatic ring is 1. The van der Waals surface area contributed by atoms with Crippen LogP contribution in [0.5, 0.6) is 0 Å². The Bertz CT molecular complexity index is 769. The second-order valence-electron chi connectivity index (χ2n) is 4.48. The van der Waals surface area contributed by atoms with Gasteiger partial charge < -0.3 is 11.1 Å².